The predicted molar refractivity (Wildman–Crippen MR) is 77.1 cm³/mol. The van der Waals surface area contributed by atoms with Gasteiger partial charge < -0.3 is 15.8 Å². The fourth-order valence-corrected chi connectivity index (χ4v) is 2.19. The first-order valence-electron chi connectivity index (χ1n) is 6.42. The lowest BCUT2D eigenvalue weighted by Gasteiger charge is -2.26. The molecule has 1 saturated heterocycles. The summed E-state index contributed by atoms with van der Waals surface area (Å²) in [5.41, 5.74) is 7.08. The molecule has 3 N–H and O–H groups in total. The van der Waals surface area contributed by atoms with E-state index >= 15 is 0 Å². The highest BCUT2D eigenvalue weighted by molar-refractivity contribution is 5.85. The van der Waals surface area contributed by atoms with Gasteiger partial charge >= 0.3 is 0 Å². The zero-order valence-corrected chi connectivity index (χ0v) is 11.7. The van der Waals surface area contributed by atoms with Gasteiger partial charge in [-0.1, -0.05) is 30.3 Å². The maximum atomic E-state index is 11.9. The quantitative estimate of drug-likeness (QED) is 0.880. The molecule has 0 radical (unpaired) electrons. The highest BCUT2D eigenvalue weighted by Gasteiger charge is 2.26. The van der Waals surface area contributed by atoms with Crippen LogP contribution in [0.25, 0.3) is 0 Å². The minimum atomic E-state index is -0.419. The van der Waals surface area contributed by atoms with Gasteiger partial charge in [-0.15, -0.1) is 12.4 Å². The Morgan fingerprint density at radius 1 is 1.32 bits per heavy atom. The molecule has 19 heavy (non-hydrogen) atoms. The van der Waals surface area contributed by atoms with Gasteiger partial charge in [0, 0.05) is 19.8 Å². The average molecular weight is 285 g/mol. The van der Waals surface area contributed by atoms with Gasteiger partial charge in [0.25, 0.3) is 0 Å². The number of hydrogen-bond donors (Lipinski definition) is 2. The van der Waals surface area contributed by atoms with E-state index in [1.54, 1.807) is 0 Å². The molecule has 1 aliphatic rings. The van der Waals surface area contributed by atoms with Crippen LogP contribution in [0.2, 0.25) is 0 Å². The molecular formula is C14H21ClN2O2. The normalized spacial score (nSPS) is 17.3. The molecule has 1 aromatic carbocycles. The summed E-state index contributed by atoms with van der Waals surface area (Å²) < 4.78 is 5.27. The number of carbonyl (C=O) groups excluding carboxylic acids is 1. The lowest BCUT2D eigenvalue weighted by molar-refractivity contribution is -0.124. The van der Waals surface area contributed by atoms with Gasteiger partial charge in [0.2, 0.25) is 5.91 Å². The summed E-state index contributed by atoms with van der Waals surface area (Å²) >= 11 is 0. The average Bonchev–Trinajstić information content (AvgIpc) is 2.46. The third kappa shape index (κ3) is 4.82. The van der Waals surface area contributed by atoms with Crippen LogP contribution in [-0.2, 0) is 16.1 Å². The van der Waals surface area contributed by atoms with Crippen LogP contribution in [0.15, 0.2) is 30.3 Å². The maximum absolute atomic E-state index is 11.9. The van der Waals surface area contributed by atoms with E-state index in [2.05, 4.69) is 5.32 Å². The monoisotopic (exact) mass is 284 g/mol. The molecule has 106 valence electrons. The molecule has 0 aliphatic carbocycles. The molecule has 1 atom stereocenters. The van der Waals surface area contributed by atoms with Crippen molar-refractivity contribution >= 4 is 18.3 Å². The zero-order valence-electron chi connectivity index (χ0n) is 10.9. The zero-order chi connectivity index (χ0) is 12.8. The fraction of sp³-hybridized carbons (Fsp3) is 0.500. The molecule has 0 saturated carbocycles. The third-order valence-electron chi connectivity index (χ3n) is 3.39. The van der Waals surface area contributed by atoms with Crippen LogP contribution in [0.5, 0.6) is 0 Å². The lowest BCUT2D eigenvalue weighted by Crippen LogP contribution is -2.46. The predicted octanol–water partition coefficient (Wildman–Crippen LogP) is 1.48. The van der Waals surface area contributed by atoms with Crippen LogP contribution in [0.3, 0.4) is 0 Å². The van der Waals surface area contributed by atoms with Gasteiger partial charge in [0.05, 0.1) is 6.04 Å². The number of halogens is 1. The van der Waals surface area contributed by atoms with E-state index in [0.717, 1.165) is 18.4 Å². The number of nitrogens with one attached hydrogen (secondary N) is 1. The number of carbonyl (C=O) groups is 1. The molecule has 1 aliphatic heterocycles. The Labute approximate surface area is 120 Å². The second-order valence-electron chi connectivity index (χ2n) is 4.68. The summed E-state index contributed by atoms with van der Waals surface area (Å²) in [7, 11) is 0. The molecule has 0 aromatic heterocycles. The Bertz CT molecular complexity index is 380. The van der Waals surface area contributed by atoms with Crippen LogP contribution in [-0.4, -0.2) is 25.2 Å². The van der Waals surface area contributed by atoms with Crippen molar-refractivity contribution < 1.29 is 9.53 Å². The minimum Gasteiger partial charge on any atom is -0.381 e. The number of nitrogens with two attached hydrogens (primary N) is 1. The van der Waals surface area contributed by atoms with E-state index in [-0.39, 0.29) is 24.2 Å². The van der Waals surface area contributed by atoms with Gasteiger partial charge in [-0.25, -0.2) is 0 Å². The smallest absolute Gasteiger partial charge is 0.237 e. The van der Waals surface area contributed by atoms with Crippen LogP contribution < -0.4 is 11.1 Å². The summed E-state index contributed by atoms with van der Waals surface area (Å²) in [6.45, 7) is 1.96. The SMILES string of the molecule is Cl.NC(C(=O)NCc1ccccc1)C1CCOCC1. The summed E-state index contributed by atoms with van der Waals surface area (Å²) in [4.78, 5) is 11.9. The van der Waals surface area contributed by atoms with E-state index in [1.165, 1.54) is 0 Å². The Kier molecular flexibility index (Phi) is 6.84. The van der Waals surface area contributed by atoms with Gasteiger partial charge in [0.1, 0.15) is 0 Å². The first-order valence-corrected chi connectivity index (χ1v) is 6.42. The number of benzene rings is 1. The Morgan fingerprint density at radius 3 is 2.58 bits per heavy atom. The molecular weight excluding hydrogens is 264 g/mol. The van der Waals surface area contributed by atoms with Crippen molar-refractivity contribution in [3.63, 3.8) is 0 Å². The van der Waals surface area contributed by atoms with Crippen molar-refractivity contribution in [2.75, 3.05) is 13.2 Å². The maximum Gasteiger partial charge on any atom is 0.237 e. The summed E-state index contributed by atoms with van der Waals surface area (Å²) in [5, 5.41) is 2.89. The number of hydrogen-bond acceptors (Lipinski definition) is 3. The molecule has 1 heterocycles. The van der Waals surface area contributed by atoms with Crippen LogP contribution >= 0.6 is 12.4 Å². The Morgan fingerprint density at radius 2 is 1.95 bits per heavy atom. The Hall–Kier alpha value is -1.10. The molecule has 4 nitrogen and oxygen atoms in total. The van der Waals surface area contributed by atoms with Crippen molar-refractivity contribution in [2.45, 2.75) is 25.4 Å². The number of amides is 1. The first kappa shape index (κ1) is 16.0. The van der Waals surface area contributed by atoms with Crippen molar-refractivity contribution in [2.24, 2.45) is 11.7 Å². The summed E-state index contributed by atoms with van der Waals surface area (Å²) in [5.74, 6) is 0.181. The van der Waals surface area contributed by atoms with E-state index in [1.807, 2.05) is 30.3 Å². The molecule has 1 unspecified atom stereocenters. The largest absolute Gasteiger partial charge is 0.381 e. The van der Waals surface area contributed by atoms with E-state index in [9.17, 15) is 4.79 Å². The lowest BCUT2D eigenvalue weighted by atomic mass is 9.92. The van der Waals surface area contributed by atoms with E-state index in [0.29, 0.717) is 19.8 Å². The second-order valence-corrected chi connectivity index (χ2v) is 4.68. The summed E-state index contributed by atoms with van der Waals surface area (Å²) in [6, 6.07) is 9.43. The topological polar surface area (TPSA) is 64.4 Å². The third-order valence-corrected chi connectivity index (χ3v) is 3.39. The number of ether oxygens (including phenoxy) is 1. The highest BCUT2D eigenvalue weighted by atomic mass is 35.5. The van der Waals surface area contributed by atoms with E-state index < -0.39 is 6.04 Å². The van der Waals surface area contributed by atoms with E-state index in [4.69, 9.17) is 10.5 Å². The highest BCUT2D eigenvalue weighted by Crippen LogP contribution is 2.17. The standard InChI is InChI=1S/C14H20N2O2.ClH/c15-13(12-6-8-18-9-7-12)14(17)16-10-11-4-2-1-3-5-11;/h1-5,12-13H,6-10,15H2,(H,16,17);1H. The molecule has 1 aromatic rings. The number of rotatable bonds is 4. The van der Waals surface area contributed by atoms with Gasteiger partial charge in [0.15, 0.2) is 0 Å². The van der Waals surface area contributed by atoms with Crippen molar-refractivity contribution in [3.8, 4) is 0 Å². The Balaban J connectivity index is 0.00000180. The molecule has 5 heteroatoms. The minimum absolute atomic E-state index is 0. The van der Waals surface area contributed by atoms with Gasteiger partial charge in [-0.2, -0.15) is 0 Å². The molecule has 2 rings (SSSR count). The molecule has 1 fully saturated rings. The van der Waals surface area contributed by atoms with Crippen molar-refractivity contribution in [1.29, 1.82) is 0 Å². The van der Waals surface area contributed by atoms with Crippen LogP contribution in [0, 0.1) is 5.92 Å². The van der Waals surface area contributed by atoms with Crippen LogP contribution in [0.4, 0.5) is 0 Å². The summed E-state index contributed by atoms with van der Waals surface area (Å²) in [6.07, 6.45) is 1.75. The van der Waals surface area contributed by atoms with Crippen LogP contribution in [0.1, 0.15) is 18.4 Å². The molecule has 1 amide bonds. The van der Waals surface area contributed by atoms with Gasteiger partial charge in [-0.05, 0) is 24.3 Å². The van der Waals surface area contributed by atoms with Gasteiger partial charge in [-0.3, -0.25) is 4.79 Å². The molecule has 0 spiro atoms. The second kappa shape index (κ2) is 8.15. The molecule has 0 bridgehead atoms. The van der Waals surface area contributed by atoms with Crippen molar-refractivity contribution in [3.05, 3.63) is 35.9 Å². The first-order chi connectivity index (χ1) is 8.77. The fourth-order valence-electron chi connectivity index (χ4n) is 2.19. The van der Waals surface area contributed by atoms with Crippen molar-refractivity contribution in [1.82, 2.24) is 5.32 Å².